The van der Waals surface area contributed by atoms with Crippen LogP contribution < -0.4 is 0 Å². The highest BCUT2D eigenvalue weighted by Crippen LogP contribution is 2.36. The van der Waals surface area contributed by atoms with Crippen molar-refractivity contribution in [1.82, 2.24) is 4.90 Å². The van der Waals surface area contributed by atoms with E-state index in [2.05, 4.69) is 32.6 Å². The Hall–Kier alpha value is -0.280. The van der Waals surface area contributed by atoms with Gasteiger partial charge in [-0.05, 0) is 44.2 Å². The summed E-state index contributed by atoms with van der Waals surface area (Å²) in [6, 6.07) is 0. The summed E-state index contributed by atoms with van der Waals surface area (Å²) < 4.78 is 5.66. The van der Waals surface area contributed by atoms with E-state index in [1.807, 2.05) is 0 Å². The van der Waals surface area contributed by atoms with Crippen molar-refractivity contribution in [2.75, 3.05) is 26.2 Å². The Kier molecular flexibility index (Phi) is 12.9. The average molecular weight is 348 g/mol. The van der Waals surface area contributed by atoms with E-state index < -0.39 is 0 Å². The van der Waals surface area contributed by atoms with Crippen molar-refractivity contribution in [1.29, 1.82) is 0 Å². The molecule has 138 valence electrons. The summed E-state index contributed by atoms with van der Waals surface area (Å²) >= 11 is 0. The van der Waals surface area contributed by atoms with Gasteiger partial charge in [-0.25, -0.2) is 0 Å². The van der Waals surface area contributed by atoms with Gasteiger partial charge in [0.25, 0.3) is 0 Å². The Morgan fingerprint density at radius 1 is 1.09 bits per heavy atom. The first-order chi connectivity index (χ1) is 10.7. The predicted octanol–water partition coefficient (Wildman–Crippen LogP) is 4.93. The zero-order chi connectivity index (χ0) is 16.4. The van der Waals surface area contributed by atoms with E-state index in [-0.39, 0.29) is 24.3 Å². The van der Waals surface area contributed by atoms with Crippen LogP contribution in [0, 0.1) is 17.8 Å². The number of carbonyl (C=O) groups is 1. The van der Waals surface area contributed by atoms with Gasteiger partial charge in [-0.2, -0.15) is 0 Å². The van der Waals surface area contributed by atoms with Crippen LogP contribution in [0.1, 0.15) is 72.6 Å². The number of likely N-dealkylation sites (N-methyl/N-ethyl adjacent to an activating group) is 1. The Morgan fingerprint density at radius 3 is 2.13 bits per heavy atom. The Balaban J connectivity index is 0.00000484. The summed E-state index contributed by atoms with van der Waals surface area (Å²) in [5.74, 6) is 1.46. The molecule has 1 fully saturated rings. The second kappa shape index (κ2) is 13.1. The molecule has 3 nitrogen and oxygen atoms in total. The molecule has 0 amide bonds. The number of carbonyl (C=O) groups excluding carboxylic acids is 1. The van der Waals surface area contributed by atoms with Crippen LogP contribution in [0.4, 0.5) is 0 Å². The molecular weight excluding hydrogens is 310 g/mol. The fourth-order valence-electron chi connectivity index (χ4n) is 3.74. The van der Waals surface area contributed by atoms with Gasteiger partial charge in [0.15, 0.2) is 0 Å². The molecule has 0 spiro atoms. The minimum atomic E-state index is 0. The van der Waals surface area contributed by atoms with E-state index in [1.165, 1.54) is 38.5 Å². The molecule has 1 rings (SSSR count). The second-order valence-corrected chi connectivity index (χ2v) is 6.76. The fourth-order valence-corrected chi connectivity index (χ4v) is 3.74. The van der Waals surface area contributed by atoms with E-state index in [0.29, 0.717) is 18.4 Å². The third-order valence-corrected chi connectivity index (χ3v) is 5.56. The summed E-state index contributed by atoms with van der Waals surface area (Å²) in [4.78, 5) is 14.9. The van der Waals surface area contributed by atoms with Crippen molar-refractivity contribution in [3.63, 3.8) is 0 Å². The molecule has 0 aromatic carbocycles. The molecule has 4 heteroatoms. The lowest BCUT2D eigenvalue weighted by atomic mass is 9.81. The summed E-state index contributed by atoms with van der Waals surface area (Å²) in [6.07, 6.45) is 8.39. The van der Waals surface area contributed by atoms with Crippen LogP contribution in [-0.2, 0) is 9.53 Å². The zero-order valence-corrected chi connectivity index (χ0v) is 16.5. The number of nitrogens with zero attached hydrogens (tertiary/aromatic N) is 1. The van der Waals surface area contributed by atoms with Crippen molar-refractivity contribution in [2.24, 2.45) is 17.8 Å². The molecule has 1 aliphatic rings. The molecule has 1 aliphatic carbocycles. The van der Waals surface area contributed by atoms with Crippen molar-refractivity contribution in [3.8, 4) is 0 Å². The van der Waals surface area contributed by atoms with Gasteiger partial charge >= 0.3 is 5.97 Å². The van der Waals surface area contributed by atoms with Crippen LogP contribution in [0.3, 0.4) is 0 Å². The van der Waals surface area contributed by atoms with Crippen LogP contribution in [0.5, 0.6) is 0 Å². The zero-order valence-electron chi connectivity index (χ0n) is 15.7. The highest BCUT2D eigenvalue weighted by molar-refractivity contribution is 5.85. The summed E-state index contributed by atoms with van der Waals surface area (Å²) in [5, 5.41) is 0. The van der Waals surface area contributed by atoms with Crippen LogP contribution >= 0.6 is 12.4 Å². The van der Waals surface area contributed by atoms with Crippen molar-refractivity contribution < 1.29 is 9.53 Å². The maximum atomic E-state index is 12.6. The molecule has 1 atom stereocenters. The van der Waals surface area contributed by atoms with Gasteiger partial charge in [0, 0.05) is 6.54 Å². The molecular formula is C19H38ClNO2. The first-order valence-electron chi connectivity index (χ1n) is 9.55. The molecule has 0 aromatic rings. The lowest BCUT2D eigenvalue weighted by Gasteiger charge is -2.26. The van der Waals surface area contributed by atoms with Crippen LogP contribution in [0.15, 0.2) is 0 Å². The van der Waals surface area contributed by atoms with Gasteiger partial charge < -0.3 is 9.64 Å². The van der Waals surface area contributed by atoms with E-state index in [9.17, 15) is 4.79 Å². The second-order valence-electron chi connectivity index (χ2n) is 6.76. The summed E-state index contributed by atoms with van der Waals surface area (Å²) in [6.45, 7) is 12.2. The lowest BCUT2D eigenvalue weighted by Crippen LogP contribution is -2.31. The van der Waals surface area contributed by atoms with Crippen molar-refractivity contribution in [3.05, 3.63) is 0 Å². The van der Waals surface area contributed by atoms with Crippen LogP contribution in [-0.4, -0.2) is 37.1 Å². The minimum absolute atomic E-state index is 0. The van der Waals surface area contributed by atoms with E-state index in [1.54, 1.807) is 0 Å². The number of hydrogen-bond donors (Lipinski definition) is 0. The Morgan fingerprint density at radius 2 is 1.65 bits per heavy atom. The SMILES string of the molecule is CCC(CC)CC(C(=O)OCCN(CC)CC)C1CCCC1.Cl. The molecule has 0 bridgehead atoms. The highest BCUT2D eigenvalue weighted by atomic mass is 35.5. The average Bonchev–Trinajstić information content (AvgIpc) is 3.06. The smallest absolute Gasteiger partial charge is 0.309 e. The number of esters is 1. The molecule has 0 radical (unpaired) electrons. The lowest BCUT2D eigenvalue weighted by molar-refractivity contribution is -0.151. The largest absolute Gasteiger partial charge is 0.464 e. The van der Waals surface area contributed by atoms with Gasteiger partial charge in [0.1, 0.15) is 6.61 Å². The van der Waals surface area contributed by atoms with Gasteiger partial charge in [0.05, 0.1) is 5.92 Å². The third kappa shape index (κ3) is 7.89. The maximum absolute atomic E-state index is 12.6. The minimum Gasteiger partial charge on any atom is -0.464 e. The molecule has 23 heavy (non-hydrogen) atoms. The third-order valence-electron chi connectivity index (χ3n) is 5.56. The van der Waals surface area contributed by atoms with Crippen LogP contribution in [0.2, 0.25) is 0 Å². The highest BCUT2D eigenvalue weighted by Gasteiger charge is 2.33. The monoisotopic (exact) mass is 347 g/mol. The number of ether oxygens (including phenoxy) is 1. The normalized spacial score (nSPS) is 16.6. The molecule has 0 heterocycles. The first-order valence-corrected chi connectivity index (χ1v) is 9.55. The van der Waals surface area contributed by atoms with Crippen molar-refractivity contribution in [2.45, 2.75) is 72.6 Å². The summed E-state index contributed by atoms with van der Waals surface area (Å²) in [5.41, 5.74) is 0. The predicted molar refractivity (Wildman–Crippen MR) is 100 cm³/mol. The molecule has 1 unspecified atom stereocenters. The first kappa shape index (κ1) is 22.7. The number of halogens is 1. The summed E-state index contributed by atoms with van der Waals surface area (Å²) in [7, 11) is 0. The molecule has 0 aliphatic heterocycles. The standard InChI is InChI=1S/C19H37NO2.ClH/c1-5-16(6-2)15-18(17-11-9-10-12-17)19(21)22-14-13-20(7-3)8-4;/h16-18H,5-15H2,1-4H3;1H. The number of rotatable bonds is 11. The molecule has 0 saturated heterocycles. The van der Waals surface area contributed by atoms with Gasteiger partial charge in [-0.3, -0.25) is 4.79 Å². The van der Waals surface area contributed by atoms with Crippen molar-refractivity contribution >= 4 is 18.4 Å². The fraction of sp³-hybridized carbons (Fsp3) is 0.947. The van der Waals surface area contributed by atoms with E-state index >= 15 is 0 Å². The van der Waals surface area contributed by atoms with E-state index in [0.717, 1.165) is 26.1 Å². The van der Waals surface area contributed by atoms with E-state index in [4.69, 9.17) is 4.74 Å². The molecule has 0 N–H and O–H groups in total. The quantitative estimate of drug-likeness (QED) is 0.496. The topological polar surface area (TPSA) is 29.5 Å². The van der Waals surface area contributed by atoms with Gasteiger partial charge in [-0.1, -0.05) is 53.4 Å². The molecule has 0 aromatic heterocycles. The van der Waals surface area contributed by atoms with Gasteiger partial charge in [-0.15, -0.1) is 12.4 Å². The Bertz CT molecular complexity index is 298. The Labute approximate surface area is 149 Å². The number of hydrogen-bond acceptors (Lipinski definition) is 3. The maximum Gasteiger partial charge on any atom is 0.309 e. The van der Waals surface area contributed by atoms with Crippen LogP contribution in [0.25, 0.3) is 0 Å². The molecule has 1 saturated carbocycles. The van der Waals surface area contributed by atoms with Gasteiger partial charge in [0.2, 0.25) is 0 Å².